The quantitative estimate of drug-likeness (QED) is 0.820. The summed E-state index contributed by atoms with van der Waals surface area (Å²) in [4.78, 5) is 23.5. The van der Waals surface area contributed by atoms with E-state index in [1.165, 1.54) is 0 Å². The van der Waals surface area contributed by atoms with Crippen molar-refractivity contribution in [1.82, 2.24) is 5.32 Å². The molecule has 0 spiro atoms. The standard InChI is InChI=1S/C15H19ClN2O3/c1-10-4-5-11(16)7-13(10)18-15(20)8-14(19)17-9-12-3-2-6-21-12/h4-5,7,12H,2-3,6,8-9H2,1H3,(H,17,19)(H,18,20). The zero-order chi connectivity index (χ0) is 15.2. The van der Waals surface area contributed by atoms with E-state index in [0.717, 1.165) is 25.0 Å². The van der Waals surface area contributed by atoms with Crippen LogP contribution in [-0.4, -0.2) is 31.1 Å². The van der Waals surface area contributed by atoms with Gasteiger partial charge in [0.1, 0.15) is 6.42 Å². The summed E-state index contributed by atoms with van der Waals surface area (Å²) in [6.45, 7) is 3.07. The number of nitrogens with one attached hydrogen (secondary N) is 2. The fraction of sp³-hybridized carbons (Fsp3) is 0.467. The van der Waals surface area contributed by atoms with Gasteiger partial charge in [-0.05, 0) is 37.5 Å². The molecule has 1 fully saturated rings. The number of aryl methyl sites for hydroxylation is 1. The SMILES string of the molecule is Cc1ccc(Cl)cc1NC(=O)CC(=O)NCC1CCCO1. The molecule has 1 atom stereocenters. The molecule has 2 N–H and O–H groups in total. The Kier molecular flexibility index (Phi) is 5.59. The Morgan fingerprint density at radius 3 is 2.90 bits per heavy atom. The second-order valence-corrected chi connectivity index (χ2v) is 5.56. The normalized spacial score (nSPS) is 17.5. The molecule has 5 nitrogen and oxygen atoms in total. The van der Waals surface area contributed by atoms with Crippen LogP contribution in [0.4, 0.5) is 5.69 Å². The predicted molar refractivity (Wildman–Crippen MR) is 81.4 cm³/mol. The van der Waals surface area contributed by atoms with Gasteiger partial charge in [-0.3, -0.25) is 9.59 Å². The first-order valence-corrected chi connectivity index (χ1v) is 7.36. The Labute approximate surface area is 129 Å². The van der Waals surface area contributed by atoms with E-state index < -0.39 is 0 Å². The molecule has 21 heavy (non-hydrogen) atoms. The molecule has 0 saturated carbocycles. The molecule has 1 aromatic carbocycles. The van der Waals surface area contributed by atoms with E-state index in [4.69, 9.17) is 16.3 Å². The third-order valence-corrected chi connectivity index (χ3v) is 3.58. The van der Waals surface area contributed by atoms with Crippen LogP contribution < -0.4 is 10.6 Å². The molecule has 1 aromatic rings. The molecular formula is C15H19ClN2O3. The molecule has 2 rings (SSSR count). The van der Waals surface area contributed by atoms with Crippen molar-refractivity contribution in [2.24, 2.45) is 0 Å². The lowest BCUT2D eigenvalue weighted by molar-refractivity contribution is -0.127. The largest absolute Gasteiger partial charge is 0.376 e. The number of anilines is 1. The fourth-order valence-corrected chi connectivity index (χ4v) is 2.34. The number of hydrogen-bond acceptors (Lipinski definition) is 3. The van der Waals surface area contributed by atoms with Crippen LogP contribution in [0, 0.1) is 6.92 Å². The van der Waals surface area contributed by atoms with Gasteiger partial charge in [-0.25, -0.2) is 0 Å². The van der Waals surface area contributed by atoms with E-state index in [9.17, 15) is 9.59 Å². The molecule has 0 radical (unpaired) electrons. The van der Waals surface area contributed by atoms with Crippen molar-refractivity contribution >= 4 is 29.1 Å². The molecule has 1 aliphatic heterocycles. The van der Waals surface area contributed by atoms with Gasteiger partial charge in [0.15, 0.2) is 0 Å². The van der Waals surface area contributed by atoms with Gasteiger partial charge < -0.3 is 15.4 Å². The van der Waals surface area contributed by atoms with Crippen LogP contribution in [0.15, 0.2) is 18.2 Å². The van der Waals surface area contributed by atoms with Gasteiger partial charge >= 0.3 is 0 Å². The van der Waals surface area contributed by atoms with E-state index >= 15 is 0 Å². The number of carbonyl (C=O) groups excluding carboxylic acids is 2. The van der Waals surface area contributed by atoms with Gasteiger partial charge in [0.05, 0.1) is 6.10 Å². The highest BCUT2D eigenvalue weighted by Crippen LogP contribution is 2.20. The maximum Gasteiger partial charge on any atom is 0.233 e. The van der Waals surface area contributed by atoms with Gasteiger partial charge in [0, 0.05) is 23.9 Å². The molecule has 1 heterocycles. The first kappa shape index (κ1) is 15.8. The van der Waals surface area contributed by atoms with Crippen LogP contribution in [0.25, 0.3) is 0 Å². The molecule has 6 heteroatoms. The van der Waals surface area contributed by atoms with E-state index in [0.29, 0.717) is 17.3 Å². The second-order valence-electron chi connectivity index (χ2n) is 5.12. The van der Waals surface area contributed by atoms with Crippen LogP contribution in [0.5, 0.6) is 0 Å². The van der Waals surface area contributed by atoms with Crippen molar-refractivity contribution in [2.45, 2.75) is 32.3 Å². The van der Waals surface area contributed by atoms with E-state index in [-0.39, 0.29) is 24.3 Å². The van der Waals surface area contributed by atoms with Gasteiger partial charge in [-0.1, -0.05) is 17.7 Å². The number of amides is 2. The molecule has 1 saturated heterocycles. The van der Waals surface area contributed by atoms with Crippen LogP contribution in [0.2, 0.25) is 5.02 Å². The number of benzene rings is 1. The highest BCUT2D eigenvalue weighted by atomic mass is 35.5. The van der Waals surface area contributed by atoms with Gasteiger partial charge in [-0.15, -0.1) is 0 Å². The lowest BCUT2D eigenvalue weighted by Gasteiger charge is -2.11. The van der Waals surface area contributed by atoms with Gasteiger partial charge in [0.2, 0.25) is 11.8 Å². The Bertz CT molecular complexity index is 528. The lowest BCUT2D eigenvalue weighted by Crippen LogP contribution is -2.34. The smallest absolute Gasteiger partial charge is 0.233 e. The third kappa shape index (κ3) is 5.02. The zero-order valence-corrected chi connectivity index (χ0v) is 12.7. The van der Waals surface area contributed by atoms with Gasteiger partial charge in [-0.2, -0.15) is 0 Å². The lowest BCUT2D eigenvalue weighted by atomic mass is 10.2. The van der Waals surface area contributed by atoms with Gasteiger partial charge in [0.25, 0.3) is 0 Å². The molecule has 0 aromatic heterocycles. The van der Waals surface area contributed by atoms with Crippen LogP contribution in [0.1, 0.15) is 24.8 Å². The van der Waals surface area contributed by atoms with Crippen molar-refractivity contribution in [1.29, 1.82) is 0 Å². The molecule has 0 bridgehead atoms. The molecular weight excluding hydrogens is 292 g/mol. The summed E-state index contributed by atoms with van der Waals surface area (Å²) in [5, 5.41) is 5.95. The summed E-state index contributed by atoms with van der Waals surface area (Å²) < 4.78 is 5.40. The first-order chi connectivity index (χ1) is 10.0. The summed E-state index contributed by atoms with van der Waals surface area (Å²) in [7, 11) is 0. The second kappa shape index (κ2) is 7.43. The number of carbonyl (C=O) groups is 2. The molecule has 0 aliphatic carbocycles. The third-order valence-electron chi connectivity index (χ3n) is 3.35. The first-order valence-electron chi connectivity index (χ1n) is 6.99. The minimum absolute atomic E-state index is 0.0761. The van der Waals surface area contributed by atoms with Crippen LogP contribution in [0.3, 0.4) is 0 Å². The highest BCUT2D eigenvalue weighted by Gasteiger charge is 2.17. The Hall–Kier alpha value is -1.59. The van der Waals surface area contributed by atoms with Crippen molar-refractivity contribution in [3.05, 3.63) is 28.8 Å². The Balaban J connectivity index is 1.78. The molecule has 114 valence electrons. The molecule has 1 aliphatic rings. The maximum absolute atomic E-state index is 11.8. The summed E-state index contributed by atoms with van der Waals surface area (Å²) in [5.41, 5.74) is 1.52. The topological polar surface area (TPSA) is 67.4 Å². The predicted octanol–water partition coefficient (Wildman–Crippen LogP) is 2.27. The number of halogens is 1. The summed E-state index contributed by atoms with van der Waals surface area (Å²) in [6.07, 6.45) is 1.84. The number of hydrogen-bond donors (Lipinski definition) is 2. The fourth-order valence-electron chi connectivity index (χ4n) is 2.16. The monoisotopic (exact) mass is 310 g/mol. The van der Waals surface area contributed by atoms with E-state index in [1.807, 2.05) is 13.0 Å². The van der Waals surface area contributed by atoms with Crippen molar-refractivity contribution in [3.8, 4) is 0 Å². The average Bonchev–Trinajstić information content (AvgIpc) is 2.94. The van der Waals surface area contributed by atoms with Crippen LogP contribution >= 0.6 is 11.6 Å². The zero-order valence-electron chi connectivity index (χ0n) is 11.9. The minimum Gasteiger partial charge on any atom is -0.376 e. The summed E-state index contributed by atoms with van der Waals surface area (Å²) >= 11 is 5.88. The number of ether oxygens (including phenoxy) is 1. The molecule has 2 amide bonds. The Morgan fingerprint density at radius 2 is 2.19 bits per heavy atom. The maximum atomic E-state index is 11.8. The average molecular weight is 311 g/mol. The van der Waals surface area contributed by atoms with Crippen molar-refractivity contribution in [2.75, 3.05) is 18.5 Å². The minimum atomic E-state index is -0.356. The van der Waals surface area contributed by atoms with Crippen molar-refractivity contribution < 1.29 is 14.3 Å². The van der Waals surface area contributed by atoms with Crippen molar-refractivity contribution in [3.63, 3.8) is 0 Å². The molecule has 1 unspecified atom stereocenters. The van der Waals surface area contributed by atoms with E-state index in [2.05, 4.69) is 10.6 Å². The Morgan fingerprint density at radius 1 is 1.38 bits per heavy atom. The van der Waals surface area contributed by atoms with E-state index in [1.54, 1.807) is 12.1 Å². The number of rotatable bonds is 5. The summed E-state index contributed by atoms with van der Waals surface area (Å²) in [6, 6.07) is 5.23. The van der Waals surface area contributed by atoms with Crippen LogP contribution in [-0.2, 0) is 14.3 Å². The summed E-state index contributed by atoms with van der Waals surface area (Å²) in [5.74, 6) is -0.659. The highest BCUT2D eigenvalue weighted by molar-refractivity contribution is 6.31.